The molecule has 4 rings (SSSR count). The van der Waals surface area contributed by atoms with E-state index in [4.69, 9.17) is 4.52 Å². The van der Waals surface area contributed by atoms with Crippen LogP contribution in [-0.4, -0.2) is 20.3 Å². The second-order valence-corrected chi connectivity index (χ2v) is 5.53. The van der Waals surface area contributed by atoms with Crippen molar-refractivity contribution in [1.82, 2.24) is 20.3 Å². The van der Waals surface area contributed by atoms with Gasteiger partial charge in [0.1, 0.15) is 0 Å². The maximum absolute atomic E-state index is 12.8. The Morgan fingerprint density at radius 3 is 2.76 bits per heavy atom. The molecule has 0 spiro atoms. The van der Waals surface area contributed by atoms with Crippen LogP contribution in [0.5, 0.6) is 0 Å². The van der Waals surface area contributed by atoms with Gasteiger partial charge in [0.2, 0.25) is 0 Å². The fourth-order valence-electron chi connectivity index (χ4n) is 2.63. The Morgan fingerprint density at radius 2 is 1.92 bits per heavy atom. The van der Waals surface area contributed by atoms with Gasteiger partial charge in [-0.05, 0) is 23.8 Å². The molecule has 1 N–H and O–H groups in total. The molecule has 0 radical (unpaired) electrons. The molecule has 0 unspecified atom stereocenters. The second-order valence-electron chi connectivity index (χ2n) is 5.53. The van der Waals surface area contributed by atoms with Crippen LogP contribution in [0.25, 0.3) is 22.4 Å². The van der Waals surface area contributed by atoms with Crippen LogP contribution in [0.1, 0.15) is 17.0 Å². The number of benzene rings is 2. The van der Waals surface area contributed by atoms with E-state index in [1.165, 1.54) is 6.07 Å². The Hall–Kier alpha value is -3.16. The van der Waals surface area contributed by atoms with Crippen molar-refractivity contribution >= 4 is 10.9 Å². The van der Waals surface area contributed by atoms with E-state index in [-0.39, 0.29) is 6.42 Å². The molecule has 0 atom stereocenters. The van der Waals surface area contributed by atoms with Gasteiger partial charge >= 0.3 is 6.18 Å². The normalized spacial score (nSPS) is 12.0. The fourth-order valence-corrected chi connectivity index (χ4v) is 2.63. The molecule has 0 amide bonds. The van der Waals surface area contributed by atoms with Gasteiger partial charge in [0.15, 0.2) is 5.82 Å². The highest BCUT2D eigenvalue weighted by Gasteiger charge is 2.30. The monoisotopic (exact) mass is 344 g/mol. The van der Waals surface area contributed by atoms with Crippen molar-refractivity contribution < 1.29 is 17.7 Å². The lowest BCUT2D eigenvalue weighted by Gasteiger charge is -2.07. The molecule has 0 fully saturated rings. The van der Waals surface area contributed by atoms with E-state index in [9.17, 15) is 13.2 Å². The molecule has 126 valence electrons. The molecule has 2 aromatic heterocycles. The summed E-state index contributed by atoms with van der Waals surface area (Å²) in [6.45, 7) is 0. The number of H-pyrrole nitrogens is 1. The van der Waals surface area contributed by atoms with Gasteiger partial charge < -0.3 is 4.52 Å². The molecule has 0 bridgehead atoms. The Kier molecular flexibility index (Phi) is 3.52. The van der Waals surface area contributed by atoms with Gasteiger partial charge in [0.05, 0.1) is 22.8 Å². The van der Waals surface area contributed by atoms with E-state index in [1.807, 2.05) is 18.2 Å². The molecule has 5 nitrogen and oxygen atoms in total. The Labute approximate surface area is 139 Å². The predicted molar refractivity (Wildman–Crippen MR) is 83.6 cm³/mol. The van der Waals surface area contributed by atoms with E-state index in [0.29, 0.717) is 22.8 Å². The minimum absolute atomic E-state index is 0.148. The van der Waals surface area contributed by atoms with Crippen molar-refractivity contribution in [3.8, 4) is 11.5 Å². The number of nitrogens with one attached hydrogen (secondary N) is 1. The molecule has 25 heavy (non-hydrogen) atoms. The molecular formula is C17H11F3N4O. The van der Waals surface area contributed by atoms with Crippen molar-refractivity contribution in [2.24, 2.45) is 0 Å². The lowest BCUT2D eigenvalue weighted by atomic mass is 10.1. The molecule has 8 heteroatoms. The number of alkyl halides is 3. The van der Waals surface area contributed by atoms with E-state index in [0.717, 1.165) is 23.0 Å². The maximum atomic E-state index is 12.8. The van der Waals surface area contributed by atoms with Crippen molar-refractivity contribution in [3.63, 3.8) is 0 Å². The number of aromatic nitrogens is 4. The molecule has 2 heterocycles. The lowest BCUT2D eigenvalue weighted by Crippen LogP contribution is -2.05. The van der Waals surface area contributed by atoms with Gasteiger partial charge in [-0.2, -0.15) is 23.3 Å². The van der Waals surface area contributed by atoms with Crippen LogP contribution in [0.4, 0.5) is 13.2 Å². The van der Waals surface area contributed by atoms with Crippen molar-refractivity contribution in [3.05, 3.63) is 65.6 Å². The fraction of sp³-hybridized carbons (Fsp3) is 0.118. The van der Waals surface area contributed by atoms with Crippen LogP contribution in [0, 0.1) is 0 Å². The zero-order valence-corrected chi connectivity index (χ0v) is 12.7. The highest BCUT2D eigenvalue weighted by molar-refractivity contribution is 5.91. The first-order chi connectivity index (χ1) is 12.0. The summed E-state index contributed by atoms with van der Waals surface area (Å²) in [5.41, 5.74) is 1.31. The third kappa shape index (κ3) is 2.98. The van der Waals surface area contributed by atoms with E-state index < -0.39 is 11.7 Å². The summed E-state index contributed by atoms with van der Waals surface area (Å²) in [5, 5.41) is 11.5. The summed E-state index contributed by atoms with van der Waals surface area (Å²) in [7, 11) is 0. The zero-order chi connectivity index (χ0) is 17.4. The zero-order valence-electron chi connectivity index (χ0n) is 12.7. The van der Waals surface area contributed by atoms with E-state index >= 15 is 0 Å². The summed E-state index contributed by atoms with van der Waals surface area (Å²) in [6.07, 6.45) is -2.58. The summed E-state index contributed by atoms with van der Waals surface area (Å²) in [4.78, 5) is 4.30. The first kappa shape index (κ1) is 15.4. The third-order valence-electron chi connectivity index (χ3n) is 3.80. The van der Waals surface area contributed by atoms with Gasteiger partial charge in [0.25, 0.3) is 5.89 Å². The SMILES string of the molecule is FC(F)(F)c1cccc(Cc2noc(-c3cccc4[nH]ncc34)n2)c1. The second kappa shape index (κ2) is 5.73. The average Bonchev–Trinajstić information content (AvgIpc) is 3.23. The first-order valence-corrected chi connectivity index (χ1v) is 7.42. The van der Waals surface area contributed by atoms with Crippen LogP contribution in [0.2, 0.25) is 0 Å². The summed E-state index contributed by atoms with van der Waals surface area (Å²) in [5.74, 6) is 0.615. The summed E-state index contributed by atoms with van der Waals surface area (Å²) >= 11 is 0. The van der Waals surface area contributed by atoms with Crippen LogP contribution in [0.15, 0.2) is 53.2 Å². The Bertz CT molecular complexity index is 1040. The number of hydrogen-bond acceptors (Lipinski definition) is 4. The van der Waals surface area contributed by atoms with E-state index in [2.05, 4.69) is 20.3 Å². The smallest absolute Gasteiger partial charge is 0.334 e. The number of aromatic amines is 1. The number of rotatable bonds is 3. The highest BCUT2D eigenvalue weighted by Crippen LogP contribution is 2.30. The Balaban J connectivity index is 1.63. The summed E-state index contributed by atoms with van der Waals surface area (Å²) < 4.78 is 43.6. The number of fused-ring (bicyclic) bond motifs is 1. The van der Waals surface area contributed by atoms with Gasteiger partial charge in [-0.1, -0.05) is 29.4 Å². The quantitative estimate of drug-likeness (QED) is 0.604. The highest BCUT2D eigenvalue weighted by atomic mass is 19.4. The van der Waals surface area contributed by atoms with Crippen LogP contribution in [0.3, 0.4) is 0 Å². The topological polar surface area (TPSA) is 67.6 Å². The number of halogens is 3. The molecule has 0 saturated carbocycles. The van der Waals surface area contributed by atoms with Gasteiger partial charge in [-0.3, -0.25) is 5.10 Å². The molecule has 4 aromatic rings. The van der Waals surface area contributed by atoms with Gasteiger partial charge in [0, 0.05) is 11.8 Å². The molecule has 0 aliphatic rings. The first-order valence-electron chi connectivity index (χ1n) is 7.42. The van der Waals surface area contributed by atoms with Gasteiger partial charge in [-0.15, -0.1) is 0 Å². The van der Waals surface area contributed by atoms with E-state index in [1.54, 1.807) is 12.3 Å². The average molecular weight is 344 g/mol. The third-order valence-corrected chi connectivity index (χ3v) is 3.80. The molecule has 0 saturated heterocycles. The molecule has 0 aliphatic heterocycles. The standard InChI is InChI=1S/C17H11F3N4O/c18-17(19,20)11-4-1-3-10(7-11)8-15-22-16(25-24-15)12-5-2-6-14-13(12)9-21-23-14/h1-7,9H,8H2,(H,21,23). The number of hydrogen-bond donors (Lipinski definition) is 1. The van der Waals surface area contributed by atoms with Crippen LogP contribution >= 0.6 is 0 Å². The lowest BCUT2D eigenvalue weighted by molar-refractivity contribution is -0.137. The van der Waals surface area contributed by atoms with Gasteiger partial charge in [-0.25, -0.2) is 0 Å². The molecular weight excluding hydrogens is 333 g/mol. The summed E-state index contributed by atoms with van der Waals surface area (Å²) in [6, 6.07) is 10.6. The number of nitrogens with zero attached hydrogens (tertiary/aromatic N) is 3. The largest absolute Gasteiger partial charge is 0.416 e. The van der Waals surface area contributed by atoms with Crippen LogP contribution < -0.4 is 0 Å². The van der Waals surface area contributed by atoms with Crippen molar-refractivity contribution in [1.29, 1.82) is 0 Å². The predicted octanol–water partition coefficient (Wildman–Crippen LogP) is 4.22. The Morgan fingerprint density at radius 1 is 1.08 bits per heavy atom. The minimum atomic E-state index is -4.38. The van der Waals surface area contributed by atoms with Crippen molar-refractivity contribution in [2.45, 2.75) is 12.6 Å². The maximum Gasteiger partial charge on any atom is 0.416 e. The van der Waals surface area contributed by atoms with Crippen LogP contribution in [-0.2, 0) is 12.6 Å². The van der Waals surface area contributed by atoms with Crippen molar-refractivity contribution in [2.75, 3.05) is 0 Å². The minimum Gasteiger partial charge on any atom is -0.334 e. The molecule has 0 aliphatic carbocycles. The molecule has 2 aromatic carbocycles.